The summed E-state index contributed by atoms with van der Waals surface area (Å²) in [4.78, 5) is 13.1. The molecule has 1 aromatic rings. The van der Waals surface area contributed by atoms with Gasteiger partial charge in [0.1, 0.15) is 6.29 Å². The number of carbonyl (C=O) groups excluding carboxylic acids is 1. The van der Waals surface area contributed by atoms with Crippen LogP contribution in [0.3, 0.4) is 0 Å². The van der Waals surface area contributed by atoms with Crippen LogP contribution in [0.1, 0.15) is 30.1 Å². The molecule has 0 N–H and O–H groups in total. The third-order valence-corrected chi connectivity index (χ3v) is 4.24. The molecule has 0 aromatic heterocycles. The van der Waals surface area contributed by atoms with Crippen LogP contribution in [0.25, 0.3) is 0 Å². The van der Waals surface area contributed by atoms with Crippen LogP contribution in [0.2, 0.25) is 0 Å². The number of rotatable bonds is 3. The summed E-state index contributed by atoms with van der Waals surface area (Å²) < 4.78 is 6.57. The number of benzene rings is 1. The minimum Gasteiger partial charge on any atom is -0.377 e. The number of ether oxygens (including phenoxy) is 1. The predicted molar refractivity (Wildman–Crippen MR) is 76.4 cm³/mol. The van der Waals surface area contributed by atoms with Crippen LogP contribution < -0.4 is 4.90 Å². The standard InChI is InChI=1S/C14H18BrNO2/c1-14(18-2)6-3-7-16(10-14)13-5-4-11(9-17)8-12(13)15/h4-5,8-9H,3,6-7,10H2,1-2H3. The highest BCUT2D eigenvalue weighted by Crippen LogP contribution is 2.32. The zero-order chi connectivity index (χ0) is 13.2. The monoisotopic (exact) mass is 311 g/mol. The summed E-state index contributed by atoms with van der Waals surface area (Å²) in [6, 6.07) is 5.71. The van der Waals surface area contributed by atoms with Crippen LogP contribution in [0.5, 0.6) is 0 Å². The normalized spacial score (nSPS) is 24.1. The van der Waals surface area contributed by atoms with Gasteiger partial charge in [-0.25, -0.2) is 0 Å². The fourth-order valence-electron chi connectivity index (χ4n) is 2.43. The van der Waals surface area contributed by atoms with E-state index in [9.17, 15) is 4.79 Å². The van der Waals surface area contributed by atoms with Crippen molar-refractivity contribution in [2.75, 3.05) is 25.1 Å². The van der Waals surface area contributed by atoms with Crippen molar-refractivity contribution in [3.8, 4) is 0 Å². The molecule has 0 bridgehead atoms. The van der Waals surface area contributed by atoms with E-state index >= 15 is 0 Å². The molecule has 1 fully saturated rings. The molecule has 2 rings (SSSR count). The molecule has 0 aliphatic carbocycles. The Morgan fingerprint density at radius 1 is 1.50 bits per heavy atom. The first kappa shape index (κ1) is 13.6. The Hall–Kier alpha value is -0.870. The number of hydrogen-bond donors (Lipinski definition) is 0. The Kier molecular flexibility index (Phi) is 4.07. The lowest BCUT2D eigenvalue weighted by molar-refractivity contribution is -0.00468. The first-order valence-electron chi connectivity index (χ1n) is 6.13. The second-order valence-electron chi connectivity index (χ2n) is 5.01. The summed E-state index contributed by atoms with van der Waals surface area (Å²) in [6.45, 7) is 4.05. The Labute approximate surface area is 116 Å². The fraction of sp³-hybridized carbons (Fsp3) is 0.500. The highest BCUT2D eigenvalue weighted by Gasteiger charge is 2.31. The lowest BCUT2D eigenvalue weighted by Gasteiger charge is -2.41. The molecule has 1 aliphatic heterocycles. The molecule has 1 aliphatic rings. The van der Waals surface area contributed by atoms with Gasteiger partial charge in [0, 0.05) is 30.2 Å². The predicted octanol–water partition coefficient (Wildman–Crippen LogP) is 3.27. The van der Waals surface area contributed by atoms with E-state index in [-0.39, 0.29) is 5.60 Å². The third-order valence-electron chi connectivity index (χ3n) is 3.60. The Morgan fingerprint density at radius 2 is 2.28 bits per heavy atom. The van der Waals surface area contributed by atoms with Crippen molar-refractivity contribution in [1.82, 2.24) is 0 Å². The second-order valence-corrected chi connectivity index (χ2v) is 5.86. The topological polar surface area (TPSA) is 29.5 Å². The molecule has 1 unspecified atom stereocenters. The van der Waals surface area contributed by atoms with Crippen molar-refractivity contribution in [2.24, 2.45) is 0 Å². The van der Waals surface area contributed by atoms with E-state index in [1.807, 2.05) is 18.2 Å². The quantitative estimate of drug-likeness (QED) is 0.802. The molecule has 0 radical (unpaired) electrons. The van der Waals surface area contributed by atoms with E-state index in [0.29, 0.717) is 5.56 Å². The van der Waals surface area contributed by atoms with Crippen LogP contribution in [-0.2, 0) is 4.74 Å². The zero-order valence-electron chi connectivity index (χ0n) is 10.8. The molecule has 3 nitrogen and oxygen atoms in total. The smallest absolute Gasteiger partial charge is 0.150 e. The largest absolute Gasteiger partial charge is 0.377 e. The van der Waals surface area contributed by atoms with Crippen LogP contribution in [-0.4, -0.2) is 32.1 Å². The second kappa shape index (κ2) is 5.41. The van der Waals surface area contributed by atoms with Crippen molar-refractivity contribution in [3.63, 3.8) is 0 Å². The van der Waals surface area contributed by atoms with Gasteiger partial charge in [0.25, 0.3) is 0 Å². The number of methoxy groups -OCH3 is 1. The summed E-state index contributed by atoms with van der Waals surface area (Å²) in [7, 11) is 1.77. The van der Waals surface area contributed by atoms with Gasteiger partial charge in [0.2, 0.25) is 0 Å². The number of nitrogens with zero attached hydrogens (tertiary/aromatic N) is 1. The molecule has 1 saturated heterocycles. The van der Waals surface area contributed by atoms with Gasteiger partial charge < -0.3 is 9.64 Å². The first-order valence-corrected chi connectivity index (χ1v) is 6.92. The number of anilines is 1. The van der Waals surface area contributed by atoms with Crippen LogP contribution >= 0.6 is 15.9 Å². The highest BCUT2D eigenvalue weighted by molar-refractivity contribution is 9.10. The minimum atomic E-state index is -0.0823. The van der Waals surface area contributed by atoms with Crippen molar-refractivity contribution >= 4 is 27.9 Å². The third kappa shape index (κ3) is 2.75. The number of halogens is 1. The van der Waals surface area contributed by atoms with Crippen molar-refractivity contribution < 1.29 is 9.53 Å². The number of piperidine rings is 1. The summed E-state index contributed by atoms with van der Waals surface area (Å²) in [6.07, 6.45) is 3.07. The molecule has 1 heterocycles. The van der Waals surface area contributed by atoms with Crippen molar-refractivity contribution in [3.05, 3.63) is 28.2 Å². The maximum Gasteiger partial charge on any atom is 0.150 e. The van der Waals surface area contributed by atoms with Gasteiger partial charge >= 0.3 is 0 Å². The number of carbonyl (C=O) groups is 1. The van der Waals surface area contributed by atoms with E-state index in [4.69, 9.17) is 4.74 Å². The van der Waals surface area contributed by atoms with Crippen molar-refractivity contribution in [1.29, 1.82) is 0 Å². The van der Waals surface area contributed by atoms with Crippen molar-refractivity contribution in [2.45, 2.75) is 25.4 Å². The molecule has 4 heteroatoms. The van der Waals surface area contributed by atoms with E-state index in [1.165, 1.54) is 0 Å². The van der Waals surface area contributed by atoms with Gasteiger partial charge in [0.05, 0.1) is 11.3 Å². The lowest BCUT2D eigenvalue weighted by atomic mass is 9.94. The van der Waals surface area contributed by atoms with Gasteiger partial charge in [-0.05, 0) is 53.9 Å². The maximum absolute atomic E-state index is 10.7. The maximum atomic E-state index is 10.7. The molecule has 0 saturated carbocycles. The van der Waals surface area contributed by atoms with Crippen LogP contribution in [0, 0.1) is 0 Å². The number of aldehydes is 1. The SMILES string of the molecule is COC1(C)CCCN(c2ccc(C=O)cc2Br)C1. The fourth-order valence-corrected chi connectivity index (χ4v) is 3.08. The van der Waals surface area contributed by atoms with Gasteiger partial charge in [0.15, 0.2) is 0 Å². The molecule has 98 valence electrons. The molecule has 18 heavy (non-hydrogen) atoms. The molecular weight excluding hydrogens is 294 g/mol. The summed E-state index contributed by atoms with van der Waals surface area (Å²) >= 11 is 3.54. The summed E-state index contributed by atoms with van der Waals surface area (Å²) in [5, 5.41) is 0. The van der Waals surface area contributed by atoms with Gasteiger partial charge in [-0.1, -0.05) is 0 Å². The summed E-state index contributed by atoms with van der Waals surface area (Å²) in [5.41, 5.74) is 1.74. The first-order chi connectivity index (χ1) is 8.58. The summed E-state index contributed by atoms with van der Waals surface area (Å²) in [5.74, 6) is 0. The molecule has 0 amide bonds. The average molecular weight is 312 g/mol. The van der Waals surface area contributed by atoms with E-state index < -0.39 is 0 Å². The van der Waals surface area contributed by atoms with E-state index in [2.05, 4.69) is 27.8 Å². The molecule has 1 atom stereocenters. The average Bonchev–Trinajstić information content (AvgIpc) is 2.38. The van der Waals surface area contributed by atoms with Gasteiger partial charge in [-0.3, -0.25) is 4.79 Å². The molecular formula is C14H18BrNO2. The van der Waals surface area contributed by atoms with Crippen LogP contribution in [0.15, 0.2) is 22.7 Å². The Bertz CT molecular complexity index is 449. The highest BCUT2D eigenvalue weighted by atomic mass is 79.9. The van der Waals surface area contributed by atoms with Gasteiger partial charge in [-0.2, -0.15) is 0 Å². The van der Waals surface area contributed by atoms with Crippen LogP contribution in [0.4, 0.5) is 5.69 Å². The van der Waals surface area contributed by atoms with Gasteiger partial charge in [-0.15, -0.1) is 0 Å². The Balaban J connectivity index is 2.23. The molecule has 0 spiro atoms. The zero-order valence-corrected chi connectivity index (χ0v) is 12.4. The van der Waals surface area contributed by atoms with E-state index in [0.717, 1.165) is 42.4 Å². The lowest BCUT2D eigenvalue weighted by Crippen LogP contribution is -2.47. The number of hydrogen-bond acceptors (Lipinski definition) is 3. The molecule has 1 aromatic carbocycles. The minimum absolute atomic E-state index is 0.0823. The Morgan fingerprint density at radius 3 is 2.89 bits per heavy atom. The van der Waals surface area contributed by atoms with E-state index in [1.54, 1.807) is 7.11 Å².